The van der Waals surface area contributed by atoms with Gasteiger partial charge in [0, 0.05) is 12.6 Å². The van der Waals surface area contributed by atoms with E-state index in [9.17, 15) is 18.5 Å². The summed E-state index contributed by atoms with van der Waals surface area (Å²) in [5, 5.41) is 11.6. The van der Waals surface area contributed by atoms with Crippen LogP contribution in [-0.2, 0) is 21.2 Å². The third kappa shape index (κ3) is 5.26. The first-order valence-electron chi connectivity index (χ1n) is 10.5. The number of ether oxygens (including phenoxy) is 1. The van der Waals surface area contributed by atoms with E-state index in [1.54, 1.807) is 0 Å². The Bertz CT molecular complexity index is 1210. The monoisotopic (exact) mass is 578 g/mol. The SMILES string of the molecule is O=[N+]([O-])c1ccccc1S(=O)(=O)N1C[C@H](I)[C@@H](c2ccccc2)OC[C@@H]1Cc1ccccc1. The molecule has 3 aromatic rings. The molecule has 4 rings (SSSR count). The summed E-state index contributed by atoms with van der Waals surface area (Å²) >= 11 is 2.22. The van der Waals surface area contributed by atoms with E-state index in [1.807, 2.05) is 60.7 Å². The highest BCUT2D eigenvalue weighted by molar-refractivity contribution is 14.1. The number of sulfonamides is 1. The Morgan fingerprint density at radius 3 is 2.24 bits per heavy atom. The summed E-state index contributed by atoms with van der Waals surface area (Å²) in [4.78, 5) is 10.6. The fourth-order valence-electron chi connectivity index (χ4n) is 4.06. The van der Waals surface area contributed by atoms with Crippen LogP contribution in [0, 0.1) is 10.1 Å². The van der Waals surface area contributed by atoms with Crippen molar-refractivity contribution in [2.45, 2.75) is 27.4 Å². The first-order chi connectivity index (χ1) is 15.9. The van der Waals surface area contributed by atoms with Crippen LogP contribution in [0.5, 0.6) is 0 Å². The lowest BCUT2D eigenvalue weighted by molar-refractivity contribution is -0.387. The second-order valence-corrected chi connectivity index (χ2v) is 11.3. The van der Waals surface area contributed by atoms with Crippen molar-refractivity contribution in [2.24, 2.45) is 0 Å². The first kappa shape index (κ1) is 23.8. The largest absolute Gasteiger partial charge is 0.371 e. The summed E-state index contributed by atoms with van der Waals surface area (Å²) in [6.45, 7) is 0.347. The fourth-order valence-corrected chi connectivity index (χ4v) is 7.17. The average Bonchev–Trinajstić information content (AvgIpc) is 2.99. The summed E-state index contributed by atoms with van der Waals surface area (Å²) in [5.74, 6) is 0. The Labute approximate surface area is 206 Å². The first-order valence-corrected chi connectivity index (χ1v) is 13.2. The molecule has 1 saturated heterocycles. The van der Waals surface area contributed by atoms with E-state index in [0.29, 0.717) is 6.42 Å². The summed E-state index contributed by atoms with van der Waals surface area (Å²) < 4.78 is 35.1. The zero-order valence-corrected chi connectivity index (χ0v) is 20.6. The van der Waals surface area contributed by atoms with Gasteiger partial charge in [-0.3, -0.25) is 10.1 Å². The van der Waals surface area contributed by atoms with Gasteiger partial charge in [-0.15, -0.1) is 0 Å². The van der Waals surface area contributed by atoms with E-state index in [4.69, 9.17) is 4.74 Å². The van der Waals surface area contributed by atoms with Crippen LogP contribution in [0.15, 0.2) is 89.8 Å². The van der Waals surface area contributed by atoms with Gasteiger partial charge in [-0.25, -0.2) is 8.42 Å². The smallest absolute Gasteiger partial charge is 0.289 e. The Morgan fingerprint density at radius 1 is 0.970 bits per heavy atom. The van der Waals surface area contributed by atoms with Gasteiger partial charge in [0.05, 0.1) is 27.6 Å². The van der Waals surface area contributed by atoms with Gasteiger partial charge in [0.1, 0.15) is 0 Å². The third-order valence-electron chi connectivity index (χ3n) is 5.65. The highest BCUT2D eigenvalue weighted by Crippen LogP contribution is 2.36. The molecular weight excluding hydrogens is 555 g/mol. The third-order valence-corrected chi connectivity index (χ3v) is 8.66. The predicted octanol–water partition coefficient (Wildman–Crippen LogP) is 4.77. The highest BCUT2D eigenvalue weighted by Gasteiger charge is 2.41. The zero-order valence-electron chi connectivity index (χ0n) is 17.7. The molecule has 1 aliphatic rings. The van der Waals surface area contributed by atoms with Gasteiger partial charge in [-0.1, -0.05) is 95.4 Å². The van der Waals surface area contributed by atoms with Crippen molar-refractivity contribution < 1.29 is 18.1 Å². The molecule has 1 aliphatic heterocycles. The number of nitro benzene ring substituents is 1. The normalized spacial score (nSPS) is 21.9. The number of para-hydroxylation sites is 1. The molecule has 0 N–H and O–H groups in total. The summed E-state index contributed by atoms with van der Waals surface area (Å²) in [6.07, 6.45) is 0.141. The van der Waals surface area contributed by atoms with E-state index in [0.717, 1.165) is 11.1 Å². The van der Waals surface area contributed by atoms with Crippen molar-refractivity contribution in [2.75, 3.05) is 13.2 Å². The van der Waals surface area contributed by atoms with E-state index < -0.39 is 26.7 Å². The molecule has 0 aromatic heterocycles. The number of rotatable bonds is 6. The van der Waals surface area contributed by atoms with Crippen LogP contribution in [0.1, 0.15) is 17.2 Å². The minimum atomic E-state index is -4.16. The van der Waals surface area contributed by atoms with Gasteiger partial charge in [-0.2, -0.15) is 4.31 Å². The molecule has 0 bridgehead atoms. The Kier molecular flexibility index (Phi) is 7.42. The number of nitrogens with zero attached hydrogens (tertiary/aromatic N) is 2. The van der Waals surface area contributed by atoms with Crippen molar-refractivity contribution in [1.29, 1.82) is 0 Å². The molecule has 3 aromatic carbocycles. The van der Waals surface area contributed by atoms with Gasteiger partial charge < -0.3 is 4.74 Å². The topological polar surface area (TPSA) is 89.8 Å². The molecule has 33 heavy (non-hydrogen) atoms. The van der Waals surface area contributed by atoms with Crippen molar-refractivity contribution >= 4 is 38.3 Å². The maximum Gasteiger partial charge on any atom is 0.289 e. The molecule has 0 unspecified atom stereocenters. The molecule has 0 saturated carbocycles. The fraction of sp³-hybridized carbons (Fsp3) is 0.250. The van der Waals surface area contributed by atoms with Crippen molar-refractivity contribution in [3.63, 3.8) is 0 Å². The molecule has 172 valence electrons. The predicted molar refractivity (Wildman–Crippen MR) is 134 cm³/mol. The number of nitro groups is 1. The maximum absolute atomic E-state index is 13.8. The molecule has 1 fully saturated rings. The van der Waals surface area contributed by atoms with Crippen molar-refractivity contribution in [3.8, 4) is 0 Å². The van der Waals surface area contributed by atoms with Crippen LogP contribution in [0.3, 0.4) is 0 Å². The molecule has 1 heterocycles. The summed E-state index contributed by atoms with van der Waals surface area (Å²) in [6, 6.07) is 24.3. The number of hydrogen-bond acceptors (Lipinski definition) is 5. The molecule has 7 nitrogen and oxygen atoms in total. The Balaban J connectivity index is 1.75. The van der Waals surface area contributed by atoms with Crippen LogP contribution >= 0.6 is 22.6 Å². The molecule has 3 atom stereocenters. The highest BCUT2D eigenvalue weighted by atomic mass is 127. The van der Waals surface area contributed by atoms with Gasteiger partial charge in [0.2, 0.25) is 10.0 Å². The Hall–Kier alpha value is -2.34. The number of alkyl halides is 1. The van der Waals surface area contributed by atoms with Crippen LogP contribution in [0.25, 0.3) is 0 Å². The average molecular weight is 578 g/mol. The Morgan fingerprint density at radius 2 is 1.58 bits per heavy atom. The standard InChI is InChI=1S/C24H23IN2O5S/c25-21-16-26(33(30,31)23-14-8-7-13-22(23)27(28)29)20(15-18-9-3-1-4-10-18)17-32-24(21)19-11-5-2-6-12-19/h1-14,20-21,24H,15-17H2/t20-,21-,24+/m0/s1. The number of benzene rings is 3. The van der Waals surface area contributed by atoms with E-state index in [1.165, 1.54) is 28.6 Å². The van der Waals surface area contributed by atoms with Crippen LogP contribution in [-0.4, -0.2) is 40.8 Å². The maximum atomic E-state index is 13.8. The summed E-state index contributed by atoms with van der Waals surface area (Å²) in [5.41, 5.74) is 1.52. The summed E-state index contributed by atoms with van der Waals surface area (Å²) in [7, 11) is -4.16. The van der Waals surface area contributed by atoms with Gasteiger partial charge >= 0.3 is 0 Å². The second-order valence-electron chi connectivity index (χ2n) is 7.82. The van der Waals surface area contributed by atoms with Gasteiger partial charge in [-0.05, 0) is 23.6 Å². The van der Waals surface area contributed by atoms with E-state index >= 15 is 0 Å². The zero-order chi connectivity index (χ0) is 23.4. The van der Waals surface area contributed by atoms with Gasteiger partial charge in [0.25, 0.3) is 5.69 Å². The second kappa shape index (κ2) is 10.3. The molecule has 9 heteroatoms. The number of halogens is 1. The van der Waals surface area contributed by atoms with Crippen LogP contribution in [0.2, 0.25) is 0 Å². The lowest BCUT2D eigenvalue weighted by atomic mass is 10.1. The molecular formula is C24H23IN2O5S. The van der Waals surface area contributed by atoms with Crippen LogP contribution < -0.4 is 0 Å². The van der Waals surface area contributed by atoms with E-state index in [2.05, 4.69) is 22.6 Å². The quantitative estimate of drug-likeness (QED) is 0.182. The van der Waals surface area contributed by atoms with Crippen LogP contribution in [0.4, 0.5) is 5.69 Å². The lowest BCUT2D eigenvalue weighted by Crippen LogP contribution is -2.45. The van der Waals surface area contributed by atoms with Crippen molar-refractivity contribution in [1.82, 2.24) is 4.31 Å². The molecule has 0 aliphatic carbocycles. The minimum absolute atomic E-state index is 0.173. The lowest BCUT2D eigenvalue weighted by Gasteiger charge is -2.29. The molecule has 0 spiro atoms. The molecule has 0 amide bonds. The van der Waals surface area contributed by atoms with E-state index in [-0.39, 0.29) is 28.1 Å². The minimum Gasteiger partial charge on any atom is -0.371 e. The van der Waals surface area contributed by atoms with Crippen molar-refractivity contribution in [3.05, 3.63) is 106 Å². The number of hydrogen-bond donors (Lipinski definition) is 0. The molecule has 0 radical (unpaired) electrons. The van der Waals surface area contributed by atoms with Gasteiger partial charge in [0.15, 0.2) is 4.90 Å².